The van der Waals surface area contributed by atoms with Gasteiger partial charge in [0.15, 0.2) is 8.32 Å². The third-order valence-corrected chi connectivity index (χ3v) is 10.4. The maximum absolute atomic E-state index is 12.8. The molecule has 1 aromatic carbocycles. The van der Waals surface area contributed by atoms with Gasteiger partial charge in [-0.25, -0.2) is 0 Å². The summed E-state index contributed by atoms with van der Waals surface area (Å²) in [6.45, 7) is 16.4. The first-order valence-electron chi connectivity index (χ1n) is 9.67. The smallest absolute Gasteiger partial charge is 0.315 e. The zero-order valence-electron chi connectivity index (χ0n) is 17.3. The normalized spacial score (nSPS) is 21.8. The minimum atomic E-state index is -1.91. The summed E-state index contributed by atoms with van der Waals surface area (Å²) in [5.41, 5.74) is 0.734. The number of rotatable bonds is 7. The van der Waals surface area contributed by atoms with E-state index in [-0.39, 0.29) is 11.0 Å². The molecule has 1 fully saturated rings. The van der Waals surface area contributed by atoms with Crippen molar-refractivity contribution in [3.63, 3.8) is 0 Å². The molecule has 26 heavy (non-hydrogen) atoms. The van der Waals surface area contributed by atoms with Crippen molar-refractivity contribution in [1.29, 1.82) is 0 Å². The summed E-state index contributed by atoms with van der Waals surface area (Å²) in [6.07, 6.45) is 0.799. The molecule has 1 aliphatic heterocycles. The highest BCUT2D eigenvalue weighted by Gasteiger charge is 2.48. The standard InChI is InChI=1S/C21H35NO3Si/c1-7-24-19(23)21(17-25-26(5,6)20(2,3)4)13-14-22(16-21)15-18-11-9-8-10-12-18/h8-12H,7,13-17H2,1-6H3. The molecule has 0 N–H and O–H groups in total. The van der Waals surface area contributed by atoms with Crippen molar-refractivity contribution in [3.05, 3.63) is 35.9 Å². The first-order chi connectivity index (χ1) is 12.1. The second-order valence-electron chi connectivity index (χ2n) is 9.00. The number of ether oxygens (including phenoxy) is 1. The molecule has 5 heteroatoms. The fourth-order valence-electron chi connectivity index (χ4n) is 3.10. The average molecular weight is 378 g/mol. The van der Waals surface area contributed by atoms with Crippen molar-refractivity contribution in [2.45, 2.75) is 58.8 Å². The molecule has 0 radical (unpaired) electrons. The molecule has 4 nitrogen and oxygen atoms in total. The first-order valence-corrected chi connectivity index (χ1v) is 12.6. The van der Waals surface area contributed by atoms with Crippen molar-refractivity contribution in [2.24, 2.45) is 5.41 Å². The second-order valence-corrected chi connectivity index (χ2v) is 13.8. The summed E-state index contributed by atoms with van der Waals surface area (Å²) in [7, 11) is -1.91. The van der Waals surface area contributed by atoms with Crippen molar-refractivity contribution >= 4 is 14.3 Å². The fraction of sp³-hybridized carbons (Fsp3) is 0.667. The summed E-state index contributed by atoms with van der Waals surface area (Å²) < 4.78 is 11.9. The molecule has 1 saturated heterocycles. The number of carbonyl (C=O) groups excluding carboxylic acids is 1. The predicted octanol–water partition coefficient (Wildman–Crippen LogP) is 4.46. The van der Waals surface area contributed by atoms with Crippen molar-refractivity contribution < 1.29 is 14.0 Å². The van der Waals surface area contributed by atoms with E-state index in [2.05, 4.69) is 63.0 Å². The van der Waals surface area contributed by atoms with Crippen LogP contribution in [0.4, 0.5) is 0 Å². The van der Waals surface area contributed by atoms with Gasteiger partial charge in [-0.15, -0.1) is 0 Å². The maximum atomic E-state index is 12.8. The number of hydrogen-bond acceptors (Lipinski definition) is 4. The Morgan fingerprint density at radius 1 is 1.23 bits per heavy atom. The van der Waals surface area contributed by atoms with Gasteiger partial charge in [-0.05, 0) is 43.6 Å². The van der Waals surface area contributed by atoms with Gasteiger partial charge in [-0.3, -0.25) is 9.69 Å². The molecule has 0 aliphatic carbocycles. The molecule has 1 unspecified atom stereocenters. The van der Waals surface area contributed by atoms with E-state index in [1.807, 2.05) is 13.0 Å². The Labute approximate surface area is 160 Å². The minimum Gasteiger partial charge on any atom is -0.465 e. The third kappa shape index (κ3) is 4.96. The highest BCUT2D eigenvalue weighted by molar-refractivity contribution is 6.74. The SMILES string of the molecule is CCOC(=O)C1(CO[Si](C)(C)C(C)(C)C)CCN(Cc2ccccc2)C1. The Balaban J connectivity index is 2.10. The van der Waals surface area contributed by atoms with Crippen LogP contribution in [0.15, 0.2) is 30.3 Å². The lowest BCUT2D eigenvalue weighted by Gasteiger charge is -2.39. The van der Waals surface area contributed by atoms with Gasteiger partial charge in [0.2, 0.25) is 0 Å². The summed E-state index contributed by atoms with van der Waals surface area (Å²) in [6, 6.07) is 10.4. The molecule has 146 valence electrons. The van der Waals surface area contributed by atoms with Crippen LogP contribution in [-0.2, 0) is 20.5 Å². The minimum absolute atomic E-state index is 0.103. The van der Waals surface area contributed by atoms with E-state index < -0.39 is 13.7 Å². The predicted molar refractivity (Wildman–Crippen MR) is 109 cm³/mol. The third-order valence-electron chi connectivity index (χ3n) is 5.91. The number of benzene rings is 1. The second kappa shape index (κ2) is 8.24. The van der Waals surface area contributed by atoms with Crippen molar-refractivity contribution in [2.75, 3.05) is 26.3 Å². The van der Waals surface area contributed by atoms with E-state index in [0.717, 1.165) is 19.5 Å². The molecular weight excluding hydrogens is 342 g/mol. The lowest BCUT2D eigenvalue weighted by Crippen LogP contribution is -2.47. The molecule has 1 heterocycles. The number of likely N-dealkylation sites (tertiary alicyclic amines) is 1. The van der Waals surface area contributed by atoms with Crippen LogP contribution < -0.4 is 0 Å². The van der Waals surface area contributed by atoms with Gasteiger partial charge < -0.3 is 9.16 Å². The molecule has 1 atom stereocenters. The Bertz CT molecular complexity index is 597. The quantitative estimate of drug-likeness (QED) is 0.519. The summed E-state index contributed by atoms with van der Waals surface area (Å²) >= 11 is 0. The van der Waals surface area contributed by atoms with Gasteiger partial charge in [0.1, 0.15) is 5.41 Å². The maximum Gasteiger partial charge on any atom is 0.315 e. The Hall–Kier alpha value is -1.17. The molecule has 1 aromatic rings. The molecule has 0 saturated carbocycles. The molecule has 0 bridgehead atoms. The van der Waals surface area contributed by atoms with Crippen LogP contribution in [-0.4, -0.2) is 45.5 Å². The van der Waals surface area contributed by atoms with Crippen LogP contribution in [0.3, 0.4) is 0 Å². The van der Waals surface area contributed by atoms with Crippen LogP contribution in [0.25, 0.3) is 0 Å². The molecule has 0 aromatic heterocycles. The average Bonchev–Trinajstić information content (AvgIpc) is 2.98. The molecular formula is C21H35NO3Si. The van der Waals surface area contributed by atoms with Crippen LogP contribution in [0.5, 0.6) is 0 Å². The van der Waals surface area contributed by atoms with Crippen LogP contribution in [0, 0.1) is 5.41 Å². The first kappa shape index (κ1) is 21.1. The van der Waals surface area contributed by atoms with E-state index in [0.29, 0.717) is 19.8 Å². The number of carbonyl (C=O) groups is 1. The lowest BCUT2D eigenvalue weighted by atomic mass is 9.88. The van der Waals surface area contributed by atoms with Gasteiger partial charge in [-0.1, -0.05) is 51.1 Å². The van der Waals surface area contributed by atoms with Crippen LogP contribution in [0.2, 0.25) is 18.1 Å². The molecule has 1 aliphatic rings. The van der Waals surface area contributed by atoms with E-state index >= 15 is 0 Å². The topological polar surface area (TPSA) is 38.8 Å². The van der Waals surface area contributed by atoms with E-state index in [1.165, 1.54) is 5.56 Å². The number of esters is 1. The Morgan fingerprint density at radius 3 is 2.46 bits per heavy atom. The molecule has 2 rings (SSSR count). The highest BCUT2D eigenvalue weighted by Crippen LogP contribution is 2.40. The monoisotopic (exact) mass is 377 g/mol. The largest absolute Gasteiger partial charge is 0.465 e. The highest BCUT2D eigenvalue weighted by atomic mass is 28.4. The summed E-state index contributed by atoms with van der Waals surface area (Å²) in [5, 5.41) is 0.130. The van der Waals surface area contributed by atoms with Crippen LogP contribution in [0.1, 0.15) is 39.7 Å². The molecule has 0 spiro atoms. The van der Waals surface area contributed by atoms with Crippen LogP contribution >= 0.6 is 0 Å². The van der Waals surface area contributed by atoms with E-state index in [4.69, 9.17) is 9.16 Å². The fourth-order valence-corrected chi connectivity index (χ4v) is 4.17. The van der Waals surface area contributed by atoms with E-state index in [9.17, 15) is 4.79 Å². The number of hydrogen-bond donors (Lipinski definition) is 0. The lowest BCUT2D eigenvalue weighted by molar-refractivity contribution is -0.156. The zero-order chi connectivity index (χ0) is 19.4. The van der Waals surface area contributed by atoms with Gasteiger partial charge >= 0.3 is 5.97 Å². The van der Waals surface area contributed by atoms with Crippen molar-refractivity contribution in [1.82, 2.24) is 4.90 Å². The Morgan fingerprint density at radius 2 is 1.88 bits per heavy atom. The summed E-state index contributed by atoms with van der Waals surface area (Å²) in [4.78, 5) is 15.2. The zero-order valence-corrected chi connectivity index (χ0v) is 18.3. The van der Waals surface area contributed by atoms with Gasteiger partial charge in [0, 0.05) is 13.1 Å². The van der Waals surface area contributed by atoms with Gasteiger partial charge in [0.25, 0.3) is 0 Å². The van der Waals surface area contributed by atoms with E-state index in [1.54, 1.807) is 0 Å². The molecule has 0 amide bonds. The summed E-state index contributed by atoms with van der Waals surface area (Å²) in [5.74, 6) is -0.103. The number of nitrogens with zero attached hydrogens (tertiary/aromatic N) is 1. The van der Waals surface area contributed by atoms with Crippen molar-refractivity contribution in [3.8, 4) is 0 Å². The van der Waals surface area contributed by atoms with Gasteiger partial charge in [-0.2, -0.15) is 0 Å². The van der Waals surface area contributed by atoms with Gasteiger partial charge in [0.05, 0.1) is 13.2 Å². The Kier molecular flexibility index (Phi) is 6.69.